The zero-order chi connectivity index (χ0) is 8.39. The van der Waals surface area contributed by atoms with Gasteiger partial charge in [0.05, 0.1) is 0 Å². The molecule has 0 radical (unpaired) electrons. The van der Waals surface area contributed by atoms with Crippen molar-refractivity contribution < 1.29 is 0 Å². The third-order valence-corrected chi connectivity index (χ3v) is 2.34. The molecule has 1 aliphatic heterocycles. The van der Waals surface area contributed by atoms with Gasteiger partial charge in [-0.2, -0.15) is 0 Å². The third kappa shape index (κ3) is 1.27. The largest absolute Gasteiger partial charge is 0.258 e. The van der Waals surface area contributed by atoms with Gasteiger partial charge < -0.3 is 0 Å². The molecule has 0 aromatic rings. The van der Waals surface area contributed by atoms with E-state index in [4.69, 9.17) is 0 Å². The number of fused-ring (bicyclic) bond motifs is 1. The lowest BCUT2D eigenvalue weighted by Gasteiger charge is -2.18. The van der Waals surface area contributed by atoms with Crippen molar-refractivity contribution in [3.05, 3.63) is 36.1 Å². The summed E-state index contributed by atoms with van der Waals surface area (Å²) in [7, 11) is 0. The van der Waals surface area contributed by atoms with Gasteiger partial charge in [-0.25, -0.2) is 0 Å². The molecular formula is C11H13N. The van der Waals surface area contributed by atoms with Gasteiger partial charge in [-0.3, -0.25) is 4.99 Å². The zero-order valence-corrected chi connectivity index (χ0v) is 7.33. The minimum atomic E-state index is 0.547. The molecule has 0 fully saturated rings. The Morgan fingerprint density at radius 3 is 3.25 bits per heavy atom. The van der Waals surface area contributed by atoms with E-state index in [1.54, 1.807) is 0 Å². The van der Waals surface area contributed by atoms with Crippen LogP contribution in [0.3, 0.4) is 0 Å². The van der Waals surface area contributed by atoms with Gasteiger partial charge in [0.15, 0.2) is 0 Å². The molecule has 0 N–H and O–H groups in total. The van der Waals surface area contributed by atoms with E-state index >= 15 is 0 Å². The van der Waals surface area contributed by atoms with Gasteiger partial charge in [0.25, 0.3) is 0 Å². The zero-order valence-electron chi connectivity index (χ0n) is 7.33. The molecule has 0 saturated heterocycles. The van der Waals surface area contributed by atoms with Crippen molar-refractivity contribution in [3.8, 4) is 0 Å². The van der Waals surface area contributed by atoms with E-state index in [1.807, 2.05) is 0 Å². The lowest BCUT2D eigenvalue weighted by Crippen LogP contribution is -2.14. The first kappa shape index (κ1) is 7.53. The van der Waals surface area contributed by atoms with Crippen LogP contribution in [0.25, 0.3) is 0 Å². The fourth-order valence-corrected chi connectivity index (χ4v) is 1.59. The Balaban J connectivity index is 2.26. The summed E-state index contributed by atoms with van der Waals surface area (Å²) >= 11 is 0. The molecule has 1 heteroatoms. The second-order valence-electron chi connectivity index (χ2n) is 3.17. The van der Waals surface area contributed by atoms with Gasteiger partial charge >= 0.3 is 0 Å². The Kier molecular flexibility index (Phi) is 1.94. The van der Waals surface area contributed by atoms with Crippen LogP contribution in [-0.4, -0.2) is 5.71 Å². The molecule has 0 bridgehead atoms. The predicted molar refractivity (Wildman–Crippen MR) is 52.2 cm³/mol. The molecule has 0 saturated carbocycles. The lowest BCUT2D eigenvalue weighted by atomic mass is 9.92. The first-order valence-corrected chi connectivity index (χ1v) is 4.52. The molecule has 2 aliphatic rings. The van der Waals surface area contributed by atoms with Crippen LogP contribution in [0.4, 0.5) is 0 Å². The second kappa shape index (κ2) is 3.10. The van der Waals surface area contributed by atoms with E-state index in [0.29, 0.717) is 5.92 Å². The van der Waals surface area contributed by atoms with Crippen molar-refractivity contribution in [2.75, 3.05) is 0 Å². The predicted octanol–water partition coefficient (Wildman–Crippen LogP) is 2.87. The maximum Gasteiger partial charge on any atom is 0.0478 e. The number of nitrogens with zero attached hydrogens (tertiary/aromatic N) is 1. The average Bonchev–Trinajstić information content (AvgIpc) is 2.17. The quantitative estimate of drug-likeness (QED) is 0.558. The summed E-state index contributed by atoms with van der Waals surface area (Å²) in [6.45, 7) is 2.15. The van der Waals surface area contributed by atoms with Crippen molar-refractivity contribution in [2.24, 2.45) is 10.9 Å². The highest BCUT2D eigenvalue weighted by atomic mass is 14.8. The standard InChI is InChI=1S/C11H13N/c1-2-10-8-7-9-5-3-4-6-11(9)12-10/h3-6,8-9H,2,7H2,1H3. The number of aliphatic imine (C=N–C) groups is 1. The molecule has 12 heavy (non-hydrogen) atoms. The van der Waals surface area contributed by atoms with Crippen LogP contribution < -0.4 is 0 Å². The molecular weight excluding hydrogens is 146 g/mol. The molecule has 0 spiro atoms. The van der Waals surface area contributed by atoms with E-state index < -0.39 is 0 Å². The molecule has 0 aromatic carbocycles. The molecule has 1 heterocycles. The Morgan fingerprint density at radius 1 is 1.50 bits per heavy atom. The summed E-state index contributed by atoms with van der Waals surface area (Å²) in [5, 5.41) is 0. The van der Waals surface area contributed by atoms with Crippen LogP contribution >= 0.6 is 0 Å². The van der Waals surface area contributed by atoms with E-state index in [2.05, 4.69) is 42.3 Å². The van der Waals surface area contributed by atoms with Gasteiger partial charge in [-0.15, -0.1) is 0 Å². The minimum Gasteiger partial charge on any atom is -0.258 e. The van der Waals surface area contributed by atoms with Crippen molar-refractivity contribution in [2.45, 2.75) is 19.8 Å². The summed E-state index contributed by atoms with van der Waals surface area (Å²) in [5.41, 5.74) is 2.47. The van der Waals surface area contributed by atoms with E-state index in [9.17, 15) is 0 Å². The Morgan fingerprint density at radius 2 is 2.42 bits per heavy atom. The summed E-state index contributed by atoms with van der Waals surface area (Å²) in [4.78, 5) is 4.56. The smallest absolute Gasteiger partial charge is 0.0478 e. The van der Waals surface area contributed by atoms with Crippen molar-refractivity contribution in [1.29, 1.82) is 0 Å². The van der Waals surface area contributed by atoms with E-state index in [0.717, 1.165) is 12.8 Å². The maximum absolute atomic E-state index is 4.56. The number of hydrogen-bond acceptors (Lipinski definition) is 1. The van der Waals surface area contributed by atoms with Crippen LogP contribution in [0.15, 0.2) is 41.1 Å². The number of rotatable bonds is 1. The molecule has 1 unspecified atom stereocenters. The van der Waals surface area contributed by atoms with Crippen LogP contribution in [0.5, 0.6) is 0 Å². The normalized spacial score (nSPS) is 26.2. The highest BCUT2D eigenvalue weighted by Gasteiger charge is 2.15. The average molecular weight is 159 g/mol. The summed E-state index contributed by atoms with van der Waals surface area (Å²) < 4.78 is 0. The van der Waals surface area contributed by atoms with Gasteiger partial charge in [0.1, 0.15) is 0 Å². The monoisotopic (exact) mass is 159 g/mol. The van der Waals surface area contributed by atoms with Crippen molar-refractivity contribution >= 4 is 5.71 Å². The summed E-state index contributed by atoms with van der Waals surface area (Å²) in [6, 6.07) is 0. The third-order valence-electron chi connectivity index (χ3n) is 2.34. The summed E-state index contributed by atoms with van der Waals surface area (Å²) in [6.07, 6.45) is 12.9. The Labute approximate surface area is 73.2 Å². The van der Waals surface area contributed by atoms with E-state index in [1.165, 1.54) is 11.4 Å². The summed E-state index contributed by atoms with van der Waals surface area (Å²) in [5.74, 6) is 0.547. The highest BCUT2D eigenvalue weighted by Crippen LogP contribution is 2.22. The molecule has 2 rings (SSSR count). The minimum absolute atomic E-state index is 0.547. The van der Waals surface area contributed by atoms with Crippen molar-refractivity contribution in [1.82, 2.24) is 0 Å². The van der Waals surface area contributed by atoms with Crippen LogP contribution in [0, 0.1) is 5.92 Å². The molecule has 0 aromatic heterocycles. The molecule has 1 atom stereocenters. The highest BCUT2D eigenvalue weighted by molar-refractivity contribution is 6.00. The fraction of sp³-hybridized carbons (Fsp3) is 0.364. The topological polar surface area (TPSA) is 12.4 Å². The van der Waals surface area contributed by atoms with E-state index in [-0.39, 0.29) is 0 Å². The number of hydrogen-bond donors (Lipinski definition) is 0. The number of allylic oxidation sites excluding steroid dienone is 6. The fourth-order valence-electron chi connectivity index (χ4n) is 1.59. The van der Waals surface area contributed by atoms with Crippen molar-refractivity contribution in [3.63, 3.8) is 0 Å². The first-order valence-electron chi connectivity index (χ1n) is 4.52. The molecule has 62 valence electrons. The van der Waals surface area contributed by atoms with Gasteiger partial charge in [-0.05, 0) is 18.9 Å². The molecule has 1 nitrogen and oxygen atoms in total. The van der Waals surface area contributed by atoms with Gasteiger partial charge in [0, 0.05) is 17.3 Å². The first-order chi connectivity index (χ1) is 5.90. The lowest BCUT2D eigenvalue weighted by molar-refractivity contribution is 0.830. The van der Waals surface area contributed by atoms with Gasteiger partial charge in [-0.1, -0.05) is 31.2 Å². The Hall–Kier alpha value is -1.11. The molecule has 1 aliphatic carbocycles. The second-order valence-corrected chi connectivity index (χ2v) is 3.17. The van der Waals surface area contributed by atoms with Gasteiger partial charge in [0.2, 0.25) is 0 Å². The SMILES string of the molecule is CCC1=CCC2C=CC=CC2=N1. The van der Waals surface area contributed by atoms with Crippen LogP contribution in [0.1, 0.15) is 19.8 Å². The maximum atomic E-state index is 4.56. The Bertz CT molecular complexity index is 292. The van der Waals surface area contributed by atoms with Crippen LogP contribution in [-0.2, 0) is 0 Å². The molecule has 0 amide bonds. The van der Waals surface area contributed by atoms with Crippen LogP contribution in [0.2, 0.25) is 0 Å².